The van der Waals surface area contributed by atoms with Crippen LogP contribution in [-0.2, 0) is 4.74 Å². The molecule has 0 aliphatic rings. The summed E-state index contributed by atoms with van der Waals surface area (Å²) in [5.41, 5.74) is -0.00100. The van der Waals surface area contributed by atoms with E-state index >= 15 is 0 Å². The van der Waals surface area contributed by atoms with Crippen LogP contribution in [-0.4, -0.2) is 19.0 Å². The molecule has 2 aromatic rings. The molecule has 0 saturated carbocycles. The van der Waals surface area contributed by atoms with Crippen molar-refractivity contribution >= 4 is 33.5 Å². The number of furan rings is 1. The molecule has 1 aromatic carbocycles. The average molecular weight is 342 g/mol. The third-order valence-electron chi connectivity index (χ3n) is 2.44. The second-order valence-corrected chi connectivity index (χ2v) is 4.53. The van der Waals surface area contributed by atoms with Crippen LogP contribution in [0.4, 0.5) is 10.1 Å². The summed E-state index contributed by atoms with van der Waals surface area (Å²) in [5.74, 6) is -1.96. The van der Waals surface area contributed by atoms with Gasteiger partial charge in [0, 0.05) is 0 Å². The minimum absolute atomic E-state index is 0.0355. The van der Waals surface area contributed by atoms with Crippen LogP contribution in [0.15, 0.2) is 39.4 Å². The summed E-state index contributed by atoms with van der Waals surface area (Å²) in [4.78, 5) is 23.0. The molecule has 1 heterocycles. The number of esters is 1. The molecule has 0 spiro atoms. The first-order chi connectivity index (χ1) is 9.51. The number of amides is 1. The molecular formula is C13H9BrFNO4. The summed E-state index contributed by atoms with van der Waals surface area (Å²) in [6, 6.07) is 6.60. The Morgan fingerprint density at radius 1 is 1.30 bits per heavy atom. The molecule has 0 bridgehead atoms. The van der Waals surface area contributed by atoms with Crippen LogP contribution in [0.1, 0.15) is 20.9 Å². The predicted octanol–water partition coefficient (Wildman–Crippen LogP) is 3.22. The van der Waals surface area contributed by atoms with Crippen molar-refractivity contribution in [1.29, 1.82) is 0 Å². The van der Waals surface area contributed by atoms with Crippen molar-refractivity contribution in [3.63, 3.8) is 0 Å². The zero-order chi connectivity index (χ0) is 14.7. The van der Waals surface area contributed by atoms with E-state index in [2.05, 4.69) is 26.0 Å². The topological polar surface area (TPSA) is 68.5 Å². The number of anilines is 1. The van der Waals surface area contributed by atoms with E-state index in [9.17, 15) is 14.0 Å². The van der Waals surface area contributed by atoms with Crippen molar-refractivity contribution in [3.8, 4) is 0 Å². The van der Waals surface area contributed by atoms with E-state index in [1.807, 2.05) is 0 Å². The van der Waals surface area contributed by atoms with Crippen molar-refractivity contribution in [2.75, 3.05) is 12.4 Å². The van der Waals surface area contributed by atoms with Crippen LogP contribution in [0.25, 0.3) is 0 Å². The van der Waals surface area contributed by atoms with E-state index in [4.69, 9.17) is 4.42 Å². The molecule has 0 atom stereocenters. The van der Waals surface area contributed by atoms with Gasteiger partial charge in [-0.3, -0.25) is 4.79 Å². The highest BCUT2D eigenvalue weighted by atomic mass is 79.9. The van der Waals surface area contributed by atoms with E-state index < -0.39 is 17.7 Å². The molecule has 1 N–H and O–H groups in total. The minimum atomic E-state index is -0.744. The molecule has 104 valence electrons. The molecule has 20 heavy (non-hydrogen) atoms. The number of nitrogens with one attached hydrogen (secondary N) is 1. The Bertz CT molecular complexity index is 668. The summed E-state index contributed by atoms with van der Waals surface area (Å²) < 4.78 is 23.7. The minimum Gasteiger partial charge on any atom is -0.465 e. The van der Waals surface area contributed by atoms with E-state index in [-0.39, 0.29) is 17.0 Å². The number of carbonyl (C=O) groups excluding carboxylic acids is 2. The van der Waals surface area contributed by atoms with Crippen molar-refractivity contribution in [2.45, 2.75) is 0 Å². The Balaban J connectivity index is 2.18. The van der Waals surface area contributed by atoms with E-state index in [1.54, 1.807) is 6.07 Å². The van der Waals surface area contributed by atoms with Crippen molar-refractivity contribution in [3.05, 3.63) is 52.1 Å². The lowest BCUT2D eigenvalue weighted by Gasteiger charge is -2.06. The Morgan fingerprint density at radius 2 is 2.05 bits per heavy atom. The van der Waals surface area contributed by atoms with Gasteiger partial charge < -0.3 is 14.5 Å². The molecule has 1 amide bonds. The first-order valence-corrected chi connectivity index (χ1v) is 6.25. The van der Waals surface area contributed by atoms with Crippen LogP contribution in [0.5, 0.6) is 0 Å². The van der Waals surface area contributed by atoms with Crippen LogP contribution >= 0.6 is 15.9 Å². The lowest BCUT2D eigenvalue weighted by molar-refractivity contribution is 0.0600. The van der Waals surface area contributed by atoms with Crippen LogP contribution in [0, 0.1) is 5.82 Å². The third-order valence-corrected chi connectivity index (χ3v) is 2.86. The smallest absolute Gasteiger partial charge is 0.337 e. The van der Waals surface area contributed by atoms with Gasteiger partial charge >= 0.3 is 5.97 Å². The zero-order valence-corrected chi connectivity index (χ0v) is 11.9. The van der Waals surface area contributed by atoms with E-state index in [0.717, 1.165) is 6.07 Å². The second-order valence-electron chi connectivity index (χ2n) is 3.74. The normalized spacial score (nSPS) is 10.2. The van der Waals surface area contributed by atoms with Gasteiger partial charge in [-0.25, -0.2) is 9.18 Å². The highest BCUT2D eigenvalue weighted by Crippen LogP contribution is 2.19. The number of hydrogen-bond donors (Lipinski definition) is 1. The first kappa shape index (κ1) is 14.3. The van der Waals surface area contributed by atoms with Gasteiger partial charge in [-0.1, -0.05) is 0 Å². The van der Waals surface area contributed by atoms with Gasteiger partial charge in [-0.05, 0) is 46.3 Å². The van der Waals surface area contributed by atoms with Crippen molar-refractivity contribution < 1.29 is 23.1 Å². The maximum atomic E-state index is 13.8. The first-order valence-electron chi connectivity index (χ1n) is 5.46. The highest BCUT2D eigenvalue weighted by Gasteiger charge is 2.15. The number of ether oxygens (including phenoxy) is 1. The van der Waals surface area contributed by atoms with Gasteiger partial charge in [-0.2, -0.15) is 0 Å². The molecule has 0 radical (unpaired) electrons. The molecular weight excluding hydrogens is 333 g/mol. The lowest BCUT2D eigenvalue weighted by atomic mass is 10.2. The van der Waals surface area contributed by atoms with Crippen LogP contribution in [0.2, 0.25) is 0 Å². The lowest BCUT2D eigenvalue weighted by Crippen LogP contribution is -2.12. The maximum Gasteiger partial charge on any atom is 0.337 e. The third kappa shape index (κ3) is 3.05. The Labute approximate surface area is 121 Å². The monoisotopic (exact) mass is 341 g/mol. The maximum absolute atomic E-state index is 13.8. The molecule has 2 rings (SSSR count). The van der Waals surface area contributed by atoms with Gasteiger partial charge in [0.05, 0.1) is 18.4 Å². The fraction of sp³-hybridized carbons (Fsp3) is 0.0769. The fourth-order valence-corrected chi connectivity index (χ4v) is 1.79. The average Bonchev–Trinajstić information content (AvgIpc) is 2.86. The second kappa shape index (κ2) is 5.87. The largest absolute Gasteiger partial charge is 0.465 e. The van der Waals surface area contributed by atoms with E-state index in [1.165, 1.54) is 25.3 Å². The number of hydrogen-bond acceptors (Lipinski definition) is 4. The SMILES string of the molecule is COC(=O)c1ccc(NC(=O)c2ccc(Br)o2)c(F)c1. The molecule has 0 fully saturated rings. The highest BCUT2D eigenvalue weighted by molar-refractivity contribution is 9.10. The quantitative estimate of drug-likeness (QED) is 0.870. The summed E-state index contributed by atoms with van der Waals surface area (Å²) in [6.07, 6.45) is 0. The molecule has 0 saturated heterocycles. The van der Waals surface area contributed by atoms with Gasteiger partial charge in [0.1, 0.15) is 5.82 Å². The summed E-state index contributed by atoms with van der Waals surface area (Å²) in [6.45, 7) is 0. The number of halogens is 2. The summed E-state index contributed by atoms with van der Waals surface area (Å²) in [5, 5.41) is 2.34. The number of methoxy groups -OCH3 is 1. The van der Waals surface area contributed by atoms with Crippen molar-refractivity contribution in [2.24, 2.45) is 0 Å². The molecule has 0 aliphatic carbocycles. The molecule has 0 unspecified atom stereocenters. The Hall–Kier alpha value is -2.15. The molecule has 1 aromatic heterocycles. The summed E-state index contributed by atoms with van der Waals surface area (Å²) in [7, 11) is 1.20. The number of carbonyl (C=O) groups is 2. The van der Waals surface area contributed by atoms with Crippen LogP contribution in [0.3, 0.4) is 0 Å². The fourth-order valence-electron chi connectivity index (χ4n) is 1.48. The molecule has 5 nitrogen and oxygen atoms in total. The zero-order valence-electron chi connectivity index (χ0n) is 10.3. The van der Waals surface area contributed by atoms with E-state index in [0.29, 0.717) is 4.67 Å². The van der Waals surface area contributed by atoms with Gasteiger partial charge in [0.25, 0.3) is 5.91 Å². The summed E-state index contributed by atoms with van der Waals surface area (Å²) >= 11 is 3.06. The predicted molar refractivity (Wildman–Crippen MR) is 72.1 cm³/mol. The van der Waals surface area contributed by atoms with Crippen molar-refractivity contribution in [1.82, 2.24) is 0 Å². The Kier molecular flexibility index (Phi) is 4.19. The van der Waals surface area contributed by atoms with Gasteiger partial charge in [0.2, 0.25) is 0 Å². The Morgan fingerprint density at radius 3 is 2.60 bits per heavy atom. The standard InChI is InChI=1S/C13H9BrFNO4/c1-19-13(18)7-2-3-9(8(15)6-7)16-12(17)10-4-5-11(14)20-10/h2-6H,1H3,(H,16,17). The van der Waals surface area contributed by atoms with Crippen LogP contribution < -0.4 is 5.32 Å². The molecule has 7 heteroatoms. The number of rotatable bonds is 3. The molecule has 0 aliphatic heterocycles. The van der Waals surface area contributed by atoms with Gasteiger partial charge in [0.15, 0.2) is 10.4 Å². The number of benzene rings is 1. The van der Waals surface area contributed by atoms with Gasteiger partial charge in [-0.15, -0.1) is 0 Å².